The third kappa shape index (κ3) is 4.46. The molecule has 0 radical (unpaired) electrons. The number of nitrogen functional groups attached to an aromatic ring is 2. The summed E-state index contributed by atoms with van der Waals surface area (Å²) in [5.74, 6) is 1.81. The van der Waals surface area contributed by atoms with Crippen LogP contribution in [0.2, 0.25) is 0 Å². The van der Waals surface area contributed by atoms with Crippen molar-refractivity contribution in [3.05, 3.63) is 27.2 Å². The summed E-state index contributed by atoms with van der Waals surface area (Å²) in [4.78, 5) is 11.8. The van der Waals surface area contributed by atoms with E-state index in [9.17, 15) is 0 Å². The second kappa shape index (κ2) is 8.09. The number of anilines is 2. The zero-order valence-electron chi connectivity index (χ0n) is 16.2. The van der Waals surface area contributed by atoms with E-state index in [0.29, 0.717) is 28.0 Å². The van der Waals surface area contributed by atoms with Crippen molar-refractivity contribution in [3.8, 4) is 0 Å². The van der Waals surface area contributed by atoms with Crippen molar-refractivity contribution in [1.29, 1.82) is 0 Å². The zero-order chi connectivity index (χ0) is 18.8. The van der Waals surface area contributed by atoms with Crippen LogP contribution in [0.5, 0.6) is 0 Å². The van der Waals surface area contributed by atoms with Gasteiger partial charge in [-0.1, -0.05) is 26.8 Å². The van der Waals surface area contributed by atoms with E-state index >= 15 is 0 Å². The number of hydrogen-bond acceptors (Lipinski definition) is 6. The molecule has 0 saturated heterocycles. The lowest BCUT2D eigenvalue weighted by Gasteiger charge is -2.19. The average molecular weight is 391 g/mol. The number of aromatic nitrogens is 2. The first-order valence-corrected chi connectivity index (χ1v) is 11.1. The Morgan fingerprint density at radius 1 is 1.08 bits per heavy atom. The van der Waals surface area contributed by atoms with Crippen LogP contribution < -0.4 is 11.5 Å². The fourth-order valence-electron chi connectivity index (χ4n) is 3.93. The normalized spacial score (nSPS) is 18.5. The summed E-state index contributed by atoms with van der Waals surface area (Å²) in [5, 5.41) is 1.38. The predicted molar refractivity (Wildman–Crippen MR) is 115 cm³/mol. The van der Waals surface area contributed by atoms with Gasteiger partial charge in [-0.2, -0.15) is 0 Å². The van der Waals surface area contributed by atoms with E-state index in [0.717, 1.165) is 25.0 Å². The van der Waals surface area contributed by atoms with Crippen LogP contribution in [-0.2, 0) is 12.8 Å². The highest BCUT2D eigenvalue weighted by Crippen LogP contribution is 2.41. The lowest BCUT2D eigenvalue weighted by atomic mass is 9.86. The molecule has 2 aromatic heterocycles. The van der Waals surface area contributed by atoms with Gasteiger partial charge in [0.15, 0.2) is 10.3 Å². The van der Waals surface area contributed by atoms with Gasteiger partial charge in [-0.15, -0.1) is 22.7 Å². The number of hydrogen-bond donors (Lipinski definition) is 2. The molecule has 4 N–H and O–H groups in total. The Bertz CT molecular complexity index is 788. The van der Waals surface area contributed by atoms with Crippen LogP contribution in [0, 0.1) is 24.7 Å². The maximum Gasteiger partial charge on any atom is 0.180 e. The Hall–Kier alpha value is -1.40. The monoisotopic (exact) mass is 390 g/mol. The fourth-order valence-corrected chi connectivity index (χ4v) is 5.99. The van der Waals surface area contributed by atoms with E-state index in [2.05, 4.69) is 38.8 Å². The minimum atomic E-state index is 0.586. The van der Waals surface area contributed by atoms with Gasteiger partial charge in [-0.05, 0) is 62.4 Å². The largest absolute Gasteiger partial charge is 0.375 e. The Morgan fingerprint density at radius 2 is 1.77 bits per heavy atom. The molecular formula is C20H30N4S2. The fraction of sp³-hybridized carbons (Fsp3) is 0.600. The predicted octanol–water partition coefficient (Wildman–Crippen LogP) is 5.33. The maximum absolute atomic E-state index is 6.05. The second-order valence-electron chi connectivity index (χ2n) is 7.96. The van der Waals surface area contributed by atoms with Crippen molar-refractivity contribution in [2.45, 2.75) is 59.8 Å². The lowest BCUT2D eigenvalue weighted by molar-refractivity contribution is 0.447. The molecule has 2 heterocycles. The van der Waals surface area contributed by atoms with Gasteiger partial charge in [0, 0.05) is 9.75 Å². The van der Waals surface area contributed by atoms with E-state index in [1.54, 1.807) is 22.7 Å². The molecular weight excluding hydrogens is 360 g/mol. The molecule has 2 unspecified atom stereocenters. The Balaban J connectivity index is 1.71. The van der Waals surface area contributed by atoms with Crippen molar-refractivity contribution in [2.75, 3.05) is 11.5 Å². The van der Waals surface area contributed by atoms with Crippen molar-refractivity contribution in [1.82, 2.24) is 9.97 Å². The van der Waals surface area contributed by atoms with Gasteiger partial charge in [0.1, 0.15) is 0 Å². The van der Waals surface area contributed by atoms with Crippen LogP contribution >= 0.6 is 22.7 Å². The molecule has 2 aromatic rings. The van der Waals surface area contributed by atoms with Crippen molar-refractivity contribution < 1.29 is 0 Å². The number of allylic oxidation sites excluding steroid dienone is 2. The van der Waals surface area contributed by atoms with Crippen LogP contribution in [-0.4, -0.2) is 9.97 Å². The number of nitrogens with zero attached hydrogens (tertiary/aromatic N) is 2. The molecule has 1 aliphatic rings. The quantitative estimate of drug-likeness (QED) is 0.669. The molecule has 0 aromatic carbocycles. The van der Waals surface area contributed by atoms with Gasteiger partial charge in [0.05, 0.1) is 11.4 Å². The molecule has 4 nitrogen and oxygen atoms in total. The van der Waals surface area contributed by atoms with Gasteiger partial charge in [0.25, 0.3) is 0 Å². The van der Waals surface area contributed by atoms with E-state index in [1.165, 1.54) is 33.9 Å². The minimum Gasteiger partial charge on any atom is -0.375 e. The van der Waals surface area contributed by atoms with Crippen LogP contribution in [0.15, 0.2) is 6.08 Å². The van der Waals surface area contributed by atoms with Crippen LogP contribution in [0.3, 0.4) is 0 Å². The summed E-state index contributed by atoms with van der Waals surface area (Å²) < 4.78 is 0. The number of nitrogens with two attached hydrogens (primary N) is 2. The number of rotatable bonds is 7. The summed E-state index contributed by atoms with van der Waals surface area (Å²) in [6, 6.07) is 0. The molecule has 0 spiro atoms. The SMILES string of the molecule is Cc1nc(N)sc1CC(C)CC1CCC=C1c1nc(N)sc1CC(C)C. The molecule has 6 heteroatoms. The molecule has 3 rings (SSSR count). The molecule has 0 aliphatic heterocycles. The maximum atomic E-state index is 6.05. The Morgan fingerprint density at radius 3 is 2.42 bits per heavy atom. The molecule has 0 amide bonds. The second-order valence-corrected chi connectivity index (χ2v) is 10.2. The Kier molecular flexibility index (Phi) is 6.03. The van der Waals surface area contributed by atoms with E-state index in [-0.39, 0.29) is 0 Å². The molecule has 26 heavy (non-hydrogen) atoms. The van der Waals surface area contributed by atoms with Crippen molar-refractivity contribution >= 4 is 38.5 Å². The highest BCUT2D eigenvalue weighted by Gasteiger charge is 2.27. The summed E-state index contributed by atoms with van der Waals surface area (Å²) >= 11 is 3.30. The molecule has 2 atom stereocenters. The summed E-state index contributed by atoms with van der Waals surface area (Å²) in [5.41, 5.74) is 15.6. The third-order valence-corrected chi connectivity index (χ3v) is 6.95. The summed E-state index contributed by atoms with van der Waals surface area (Å²) in [6.07, 6.45) is 8.07. The van der Waals surface area contributed by atoms with Crippen LogP contribution in [0.4, 0.5) is 10.3 Å². The topological polar surface area (TPSA) is 77.8 Å². The molecule has 0 bridgehead atoms. The summed E-state index contributed by atoms with van der Waals surface area (Å²) in [6.45, 7) is 8.92. The van der Waals surface area contributed by atoms with Crippen LogP contribution in [0.1, 0.15) is 61.2 Å². The Labute approximate surface area is 164 Å². The highest BCUT2D eigenvalue weighted by atomic mass is 32.1. The minimum absolute atomic E-state index is 0.586. The molecule has 1 aliphatic carbocycles. The first kappa shape index (κ1) is 19.4. The van der Waals surface area contributed by atoms with E-state index in [4.69, 9.17) is 16.5 Å². The standard InChI is InChI=1S/C20H30N4S2/c1-11(2)8-17-18(24-20(22)26-17)15-7-5-6-14(15)9-12(3)10-16-13(4)23-19(21)25-16/h7,11-12,14H,5-6,8-10H2,1-4H3,(H2,21,23)(H2,22,24). The van der Waals surface area contributed by atoms with Crippen LogP contribution in [0.25, 0.3) is 5.57 Å². The van der Waals surface area contributed by atoms with Crippen molar-refractivity contribution in [3.63, 3.8) is 0 Å². The lowest BCUT2D eigenvalue weighted by Crippen LogP contribution is -2.09. The van der Waals surface area contributed by atoms with Gasteiger partial charge in [0.2, 0.25) is 0 Å². The first-order valence-electron chi connectivity index (χ1n) is 9.50. The van der Waals surface area contributed by atoms with Gasteiger partial charge in [-0.25, -0.2) is 9.97 Å². The van der Waals surface area contributed by atoms with Gasteiger partial charge >= 0.3 is 0 Å². The van der Waals surface area contributed by atoms with Crippen molar-refractivity contribution in [2.24, 2.45) is 17.8 Å². The molecule has 0 saturated carbocycles. The van der Waals surface area contributed by atoms with Gasteiger partial charge < -0.3 is 11.5 Å². The average Bonchev–Trinajstić information content (AvgIpc) is 3.19. The number of aryl methyl sites for hydroxylation is 1. The molecule has 142 valence electrons. The van der Waals surface area contributed by atoms with E-state index in [1.807, 2.05) is 0 Å². The number of thiazole rings is 2. The summed E-state index contributed by atoms with van der Waals surface area (Å²) in [7, 11) is 0. The smallest absolute Gasteiger partial charge is 0.180 e. The highest BCUT2D eigenvalue weighted by molar-refractivity contribution is 7.15. The third-order valence-electron chi connectivity index (χ3n) is 5.03. The van der Waals surface area contributed by atoms with Gasteiger partial charge in [-0.3, -0.25) is 0 Å². The first-order chi connectivity index (χ1) is 12.3. The zero-order valence-corrected chi connectivity index (χ0v) is 17.8. The van der Waals surface area contributed by atoms with E-state index < -0.39 is 0 Å². The molecule has 0 fully saturated rings.